The number of carbonyl (C=O) groups is 2. The minimum atomic E-state index is -3.75. The predicted octanol–water partition coefficient (Wildman–Crippen LogP) is 1.59. The molecule has 2 amide bonds. The van der Waals surface area contributed by atoms with E-state index in [1.807, 2.05) is 0 Å². The topological polar surface area (TPSA) is 148 Å². The lowest BCUT2D eigenvalue weighted by Crippen LogP contribution is -2.38. The summed E-state index contributed by atoms with van der Waals surface area (Å²) in [6.07, 6.45) is 1.25. The Morgan fingerprint density at radius 3 is 2.56 bits per heavy atom. The Bertz CT molecular complexity index is 1180. The fourth-order valence-corrected chi connectivity index (χ4v) is 4.06. The van der Waals surface area contributed by atoms with Crippen LogP contribution in [0.25, 0.3) is 0 Å². The van der Waals surface area contributed by atoms with Crippen molar-refractivity contribution in [2.75, 3.05) is 44.4 Å². The average molecular weight is 491 g/mol. The first kappa shape index (κ1) is 25.3. The van der Waals surface area contributed by atoms with E-state index in [2.05, 4.69) is 15.5 Å². The molecule has 1 heterocycles. The molecule has 0 unspecified atom stereocenters. The molecular weight excluding hydrogens is 464 g/mol. The van der Waals surface area contributed by atoms with E-state index in [1.54, 1.807) is 24.3 Å². The number of anilines is 1. The second-order valence-electron chi connectivity index (χ2n) is 7.88. The molecule has 2 N–H and O–H groups in total. The summed E-state index contributed by atoms with van der Waals surface area (Å²) < 4.78 is 28.9. The van der Waals surface area contributed by atoms with E-state index >= 15 is 0 Å². The van der Waals surface area contributed by atoms with Gasteiger partial charge in [0.2, 0.25) is 5.91 Å². The summed E-state index contributed by atoms with van der Waals surface area (Å²) >= 11 is 0. The van der Waals surface area contributed by atoms with Crippen LogP contribution < -0.4 is 10.6 Å². The maximum Gasteiger partial charge on any atom is 0.271 e. The van der Waals surface area contributed by atoms with E-state index in [4.69, 9.17) is 4.74 Å². The van der Waals surface area contributed by atoms with Crippen molar-refractivity contribution < 1.29 is 27.7 Å². The van der Waals surface area contributed by atoms with Crippen LogP contribution in [0, 0.1) is 10.1 Å². The van der Waals surface area contributed by atoms with Crippen molar-refractivity contribution in [3.63, 3.8) is 0 Å². The van der Waals surface area contributed by atoms with E-state index in [9.17, 15) is 28.1 Å². The van der Waals surface area contributed by atoms with Gasteiger partial charge < -0.3 is 15.4 Å². The molecule has 3 rings (SSSR count). The third-order valence-electron chi connectivity index (χ3n) is 5.22. The molecule has 34 heavy (non-hydrogen) atoms. The minimum Gasteiger partial charge on any atom is -0.379 e. The number of rotatable bonds is 9. The number of ether oxygens (including phenoxy) is 1. The molecule has 0 aliphatic carbocycles. The van der Waals surface area contributed by atoms with Gasteiger partial charge in [-0.3, -0.25) is 24.6 Å². The van der Waals surface area contributed by atoms with Crippen LogP contribution in [0.5, 0.6) is 0 Å². The molecule has 0 aromatic heterocycles. The Balaban J connectivity index is 1.60. The zero-order valence-corrected chi connectivity index (χ0v) is 19.5. The van der Waals surface area contributed by atoms with E-state index in [1.165, 1.54) is 0 Å². The highest BCUT2D eigenvalue weighted by atomic mass is 32.2. The summed E-state index contributed by atoms with van der Waals surface area (Å²) in [6, 6.07) is 9.96. The second-order valence-corrected chi connectivity index (χ2v) is 9.90. The number of hydrogen-bond acceptors (Lipinski definition) is 8. The number of carbonyl (C=O) groups excluding carboxylic acids is 2. The molecule has 12 heteroatoms. The third kappa shape index (κ3) is 7.33. The highest BCUT2D eigenvalue weighted by Crippen LogP contribution is 2.21. The zero-order valence-electron chi connectivity index (χ0n) is 18.7. The van der Waals surface area contributed by atoms with Crippen LogP contribution in [0.2, 0.25) is 0 Å². The lowest BCUT2D eigenvalue weighted by atomic mass is 10.1. The molecule has 1 saturated heterocycles. The smallest absolute Gasteiger partial charge is 0.271 e. The fraction of sp³-hybridized carbons (Fsp3) is 0.364. The number of nitrogens with zero attached hydrogens (tertiary/aromatic N) is 2. The molecular formula is C22H26N4O7S. The van der Waals surface area contributed by atoms with Gasteiger partial charge in [0.25, 0.3) is 11.6 Å². The zero-order chi connectivity index (χ0) is 24.7. The number of sulfone groups is 1. The van der Waals surface area contributed by atoms with Gasteiger partial charge >= 0.3 is 0 Å². The first-order chi connectivity index (χ1) is 16.1. The monoisotopic (exact) mass is 490 g/mol. The average Bonchev–Trinajstić information content (AvgIpc) is 2.81. The van der Waals surface area contributed by atoms with Crippen LogP contribution in [0.3, 0.4) is 0 Å². The fourth-order valence-electron chi connectivity index (χ4n) is 3.39. The van der Waals surface area contributed by atoms with Gasteiger partial charge in [-0.05, 0) is 23.8 Å². The first-order valence-corrected chi connectivity index (χ1v) is 12.5. The van der Waals surface area contributed by atoms with E-state index < -0.39 is 26.4 Å². The third-order valence-corrected chi connectivity index (χ3v) is 6.31. The quantitative estimate of drug-likeness (QED) is 0.398. The van der Waals surface area contributed by atoms with Crippen molar-refractivity contribution in [1.82, 2.24) is 10.2 Å². The highest BCUT2D eigenvalue weighted by molar-refractivity contribution is 7.90. The SMILES string of the molecule is CS(=O)(=O)c1cc(C(=O)NCc2cccc(NC(=O)CCN3CCOCC3)c2)cc([N+](=O)[O-])c1. The highest BCUT2D eigenvalue weighted by Gasteiger charge is 2.19. The molecule has 0 spiro atoms. The molecule has 1 aliphatic heterocycles. The van der Waals surface area contributed by atoms with Crippen molar-refractivity contribution in [3.8, 4) is 0 Å². The van der Waals surface area contributed by atoms with Crippen molar-refractivity contribution in [2.45, 2.75) is 17.9 Å². The number of benzene rings is 2. The van der Waals surface area contributed by atoms with Gasteiger partial charge in [-0.15, -0.1) is 0 Å². The molecule has 2 aromatic carbocycles. The Kier molecular flexibility index (Phi) is 8.31. The van der Waals surface area contributed by atoms with Crippen molar-refractivity contribution in [1.29, 1.82) is 0 Å². The number of morpholine rings is 1. The number of nitrogens with one attached hydrogen (secondary N) is 2. The Hall–Kier alpha value is -3.35. The Labute approximate surface area is 197 Å². The number of hydrogen-bond donors (Lipinski definition) is 2. The summed E-state index contributed by atoms with van der Waals surface area (Å²) in [5, 5.41) is 16.6. The molecule has 2 aromatic rings. The van der Waals surface area contributed by atoms with Crippen LogP contribution in [0.4, 0.5) is 11.4 Å². The van der Waals surface area contributed by atoms with Gasteiger partial charge in [-0.2, -0.15) is 0 Å². The maximum absolute atomic E-state index is 12.6. The van der Waals surface area contributed by atoms with Gasteiger partial charge in [-0.25, -0.2) is 8.42 Å². The number of non-ortho nitro benzene ring substituents is 1. The van der Waals surface area contributed by atoms with E-state index in [0.29, 0.717) is 37.4 Å². The Morgan fingerprint density at radius 2 is 1.88 bits per heavy atom. The first-order valence-electron chi connectivity index (χ1n) is 10.6. The molecule has 1 aliphatic rings. The lowest BCUT2D eigenvalue weighted by Gasteiger charge is -2.26. The van der Waals surface area contributed by atoms with Gasteiger partial charge in [0, 0.05) is 62.2 Å². The molecule has 0 atom stereocenters. The lowest BCUT2D eigenvalue weighted by molar-refractivity contribution is -0.385. The molecule has 0 radical (unpaired) electrons. The molecule has 1 fully saturated rings. The molecule has 0 saturated carbocycles. The summed E-state index contributed by atoms with van der Waals surface area (Å²) in [6.45, 7) is 3.66. The van der Waals surface area contributed by atoms with Crippen molar-refractivity contribution >= 4 is 33.0 Å². The largest absolute Gasteiger partial charge is 0.379 e. The number of nitro groups is 1. The summed E-state index contributed by atoms with van der Waals surface area (Å²) in [7, 11) is -3.75. The normalized spacial score (nSPS) is 14.4. The van der Waals surface area contributed by atoms with Crippen molar-refractivity contribution in [3.05, 3.63) is 63.7 Å². The van der Waals surface area contributed by atoms with Gasteiger partial charge in [0.05, 0.1) is 23.0 Å². The van der Waals surface area contributed by atoms with Crippen LogP contribution in [0.1, 0.15) is 22.3 Å². The number of amides is 2. The van der Waals surface area contributed by atoms with Gasteiger partial charge in [-0.1, -0.05) is 12.1 Å². The minimum absolute atomic E-state index is 0.0766. The predicted molar refractivity (Wildman–Crippen MR) is 124 cm³/mol. The molecule has 11 nitrogen and oxygen atoms in total. The van der Waals surface area contributed by atoms with Crippen LogP contribution in [-0.4, -0.2) is 69.2 Å². The van der Waals surface area contributed by atoms with Crippen LogP contribution in [-0.2, 0) is 25.9 Å². The summed E-state index contributed by atoms with van der Waals surface area (Å²) in [4.78, 5) is 37.1. The standard InChI is InChI=1S/C22H26N4O7S/c1-34(31,32)20-13-17(12-19(14-20)26(29)30)22(28)23-15-16-3-2-4-18(11-16)24-21(27)5-6-25-7-9-33-10-8-25/h2-4,11-14H,5-10,15H2,1H3,(H,23,28)(H,24,27). The molecule has 0 bridgehead atoms. The van der Waals surface area contributed by atoms with E-state index in [0.717, 1.165) is 37.5 Å². The number of nitro benzene ring substituents is 1. The van der Waals surface area contributed by atoms with Crippen LogP contribution >= 0.6 is 0 Å². The maximum atomic E-state index is 12.6. The second kappa shape index (κ2) is 11.2. The van der Waals surface area contributed by atoms with Crippen LogP contribution in [0.15, 0.2) is 47.4 Å². The van der Waals surface area contributed by atoms with Gasteiger partial charge in [0.1, 0.15) is 0 Å². The van der Waals surface area contributed by atoms with Crippen molar-refractivity contribution in [2.24, 2.45) is 0 Å². The van der Waals surface area contributed by atoms with Gasteiger partial charge in [0.15, 0.2) is 9.84 Å². The Morgan fingerprint density at radius 1 is 1.15 bits per heavy atom. The summed E-state index contributed by atoms with van der Waals surface area (Å²) in [5.74, 6) is -0.786. The molecule has 182 valence electrons. The van der Waals surface area contributed by atoms with E-state index in [-0.39, 0.29) is 22.9 Å². The summed E-state index contributed by atoms with van der Waals surface area (Å²) in [5.41, 5.74) is 0.638.